The molecule has 1 unspecified atom stereocenters. The average Bonchev–Trinajstić information content (AvgIpc) is 2.01. The zero-order chi connectivity index (χ0) is 11.0. The second-order valence-electron chi connectivity index (χ2n) is 3.22. The molecule has 0 aromatic carbocycles. The first-order valence-corrected chi connectivity index (χ1v) is 6.52. The molecule has 1 rings (SSSR count). The van der Waals surface area contributed by atoms with E-state index in [-0.39, 0.29) is 25.9 Å². The van der Waals surface area contributed by atoms with Crippen LogP contribution in [0.2, 0.25) is 0 Å². The van der Waals surface area contributed by atoms with Crippen molar-refractivity contribution in [2.75, 3.05) is 13.1 Å². The lowest BCUT2D eigenvalue weighted by molar-refractivity contribution is -0.195. The highest BCUT2D eigenvalue weighted by atomic mass is 35.7. The molecule has 1 atom stereocenters. The monoisotopic (exact) mass is 250 g/mol. The summed E-state index contributed by atoms with van der Waals surface area (Å²) in [5.41, 5.74) is 0. The van der Waals surface area contributed by atoms with Crippen LogP contribution < -0.4 is 4.89 Å². The fourth-order valence-electron chi connectivity index (χ4n) is 1.43. The predicted molar refractivity (Wildman–Crippen MR) is 43.8 cm³/mol. The van der Waals surface area contributed by atoms with Gasteiger partial charge < -0.3 is 9.46 Å². The summed E-state index contributed by atoms with van der Waals surface area (Å²) < 4.78 is 48.2. The minimum Gasteiger partial charge on any atom is -0.776 e. The maximum atomic E-state index is 12.2. The van der Waals surface area contributed by atoms with Gasteiger partial charge in [0.2, 0.25) is 0 Å². The van der Waals surface area contributed by atoms with Gasteiger partial charge in [0.25, 0.3) is 0 Å². The van der Waals surface area contributed by atoms with Gasteiger partial charge in [0.1, 0.15) is 0 Å². The van der Waals surface area contributed by atoms with E-state index in [0.29, 0.717) is 0 Å². The Balaban J connectivity index is 2.51. The van der Waals surface area contributed by atoms with Crippen molar-refractivity contribution in [1.29, 1.82) is 0 Å². The SMILES string of the molecule is O=P([O-])(Cl)N1CCC(C(F)(F)F)CC1. The summed E-state index contributed by atoms with van der Waals surface area (Å²) in [5, 5.41) is 0. The van der Waals surface area contributed by atoms with E-state index in [1.165, 1.54) is 0 Å². The lowest BCUT2D eigenvalue weighted by Gasteiger charge is -2.37. The maximum Gasteiger partial charge on any atom is 0.391 e. The summed E-state index contributed by atoms with van der Waals surface area (Å²) >= 11 is 5.02. The molecule has 0 amide bonds. The molecule has 0 spiro atoms. The van der Waals surface area contributed by atoms with E-state index >= 15 is 0 Å². The summed E-state index contributed by atoms with van der Waals surface area (Å²) in [7, 11) is 0. The molecule has 1 heterocycles. The molecule has 0 aromatic heterocycles. The lowest BCUT2D eigenvalue weighted by Crippen LogP contribution is -2.38. The molecule has 1 aliphatic heterocycles. The Bertz CT molecular complexity index is 246. The molecule has 1 aliphatic rings. The van der Waals surface area contributed by atoms with Crippen molar-refractivity contribution in [3.8, 4) is 0 Å². The smallest absolute Gasteiger partial charge is 0.391 e. The van der Waals surface area contributed by atoms with Gasteiger partial charge in [-0.3, -0.25) is 4.67 Å². The summed E-state index contributed by atoms with van der Waals surface area (Å²) in [6.45, 7) is -4.42. The van der Waals surface area contributed by atoms with E-state index in [1.54, 1.807) is 0 Å². The number of hydrogen-bond acceptors (Lipinski definition) is 2. The fourth-order valence-corrected chi connectivity index (χ4v) is 2.59. The Morgan fingerprint density at radius 3 is 2.07 bits per heavy atom. The van der Waals surface area contributed by atoms with Crippen LogP contribution in [0.25, 0.3) is 0 Å². The van der Waals surface area contributed by atoms with Crippen LogP contribution in [0.5, 0.6) is 0 Å². The average molecular weight is 251 g/mol. The number of halogens is 4. The number of rotatable bonds is 1. The minimum atomic E-state index is -4.23. The molecule has 0 radical (unpaired) electrons. The molecule has 0 bridgehead atoms. The molecule has 8 heteroatoms. The first-order chi connectivity index (χ1) is 6.21. The molecular formula is C6H9ClF3NO2P-. The topological polar surface area (TPSA) is 43.4 Å². The van der Waals surface area contributed by atoms with Crippen molar-refractivity contribution in [3.63, 3.8) is 0 Å². The normalized spacial score (nSPS) is 26.1. The van der Waals surface area contributed by atoms with Gasteiger partial charge in [-0.1, -0.05) is 11.2 Å². The van der Waals surface area contributed by atoms with Gasteiger partial charge in [0, 0.05) is 13.1 Å². The van der Waals surface area contributed by atoms with Crippen LogP contribution in [0.1, 0.15) is 12.8 Å². The summed E-state index contributed by atoms with van der Waals surface area (Å²) in [5.74, 6) is -1.40. The highest BCUT2D eigenvalue weighted by Gasteiger charge is 2.41. The van der Waals surface area contributed by atoms with Crippen LogP contribution in [-0.4, -0.2) is 23.9 Å². The van der Waals surface area contributed by atoms with Crippen molar-refractivity contribution in [2.24, 2.45) is 5.92 Å². The zero-order valence-electron chi connectivity index (χ0n) is 7.13. The van der Waals surface area contributed by atoms with E-state index in [9.17, 15) is 22.6 Å². The summed E-state index contributed by atoms with van der Waals surface area (Å²) in [6.07, 6.45) is -4.64. The number of hydrogen-bond donors (Lipinski definition) is 0. The van der Waals surface area contributed by atoms with E-state index in [0.717, 1.165) is 4.67 Å². The standard InChI is InChI=1S/C6H10ClF3NO2P/c7-14(12,13)11-3-1-5(2-4-11)6(8,9)10/h5H,1-4H2,(H,12,13)/p-1. The van der Waals surface area contributed by atoms with Gasteiger partial charge in [-0.2, -0.15) is 13.2 Å². The van der Waals surface area contributed by atoms with Crippen molar-refractivity contribution in [2.45, 2.75) is 19.0 Å². The van der Waals surface area contributed by atoms with Gasteiger partial charge in [-0.05, 0) is 12.8 Å². The Labute approximate surface area is 84.1 Å². The van der Waals surface area contributed by atoms with Crippen LogP contribution in [0, 0.1) is 5.92 Å². The Morgan fingerprint density at radius 2 is 1.79 bits per heavy atom. The molecule has 84 valence electrons. The van der Waals surface area contributed by atoms with Gasteiger partial charge >= 0.3 is 6.18 Å². The first kappa shape index (κ1) is 12.3. The summed E-state index contributed by atoms with van der Waals surface area (Å²) in [6, 6.07) is 0. The van der Waals surface area contributed by atoms with Crippen LogP contribution in [0.3, 0.4) is 0 Å². The van der Waals surface area contributed by atoms with E-state index in [2.05, 4.69) is 0 Å². The Morgan fingerprint density at radius 1 is 1.36 bits per heavy atom. The van der Waals surface area contributed by atoms with Crippen LogP contribution in [-0.2, 0) is 4.57 Å². The van der Waals surface area contributed by atoms with E-state index in [1.807, 2.05) is 0 Å². The predicted octanol–water partition coefficient (Wildman–Crippen LogP) is 1.97. The summed E-state index contributed by atoms with van der Waals surface area (Å²) in [4.78, 5) is 10.8. The van der Waals surface area contributed by atoms with Crippen molar-refractivity contribution in [3.05, 3.63) is 0 Å². The molecule has 0 saturated carbocycles. The Hall–Kier alpha value is 0.230. The third-order valence-corrected chi connectivity index (χ3v) is 3.99. The number of piperidine rings is 1. The zero-order valence-corrected chi connectivity index (χ0v) is 8.78. The van der Waals surface area contributed by atoms with Gasteiger partial charge in [0.15, 0.2) is 6.87 Å². The molecule has 3 nitrogen and oxygen atoms in total. The maximum absolute atomic E-state index is 12.2. The highest BCUT2D eigenvalue weighted by Crippen LogP contribution is 2.49. The lowest BCUT2D eigenvalue weighted by atomic mass is 9.98. The van der Waals surface area contributed by atoms with Crippen LogP contribution >= 0.6 is 18.1 Å². The van der Waals surface area contributed by atoms with Crippen LogP contribution in [0.4, 0.5) is 13.2 Å². The van der Waals surface area contributed by atoms with E-state index in [4.69, 9.17) is 11.2 Å². The number of nitrogens with zero attached hydrogens (tertiary/aromatic N) is 1. The first-order valence-electron chi connectivity index (χ1n) is 4.04. The molecule has 1 fully saturated rings. The third-order valence-electron chi connectivity index (χ3n) is 2.27. The minimum absolute atomic E-state index is 0.144. The molecule has 0 aliphatic carbocycles. The van der Waals surface area contributed by atoms with Crippen molar-refractivity contribution in [1.82, 2.24) is 4.67 Å². The van der Waals surface area contributed by atoms with E-state index < -0.39 is 19.0 Å². The molecule has 14 heavy (non-hydrogen) atoms. The van der Waals surface area contributed by atoms with Gasteiger partial charge in [-0.15, -0.1) is 0 Å². The molecule has 1 saturated heterocycles. The van der Waals surface area contributed by atoms with Crippen molar-refractivity contribution < 1.29 is 22.6 Å². The quantitative estimate of drug-likeness (QED) is 0.668. The van der Waals surface area contributed by atoms with Crippen molar-refractivity contribution >= 4 is 18.1 Å². The third kappa shape index (κ3) is 3.12. The fraction of sp³-hybridized carbons (Fsp3) is 1.00. The van der Waals surface area contributed by atoms with Crippen LogP contribution in [0.15, 0.2) is 0 Å². The number of alkyl halides is 3. The molecule has 0 aromatic rings. The Kier molecular flexibility index (Phi) is 3.52. The van der Waals surface area contributed by atoms with Gasteiger partial charge in [0.05, 0.1) is 5.92 Å². The molecule has 0 N–H and O–H groups in total. The highest BCUT2D eigenvalue weighted by molar-refractivity contribution is 7.81. The largest absolute Gasteiger partial charge is 0.776 e. The second kappa shape index (κ2) is 4.00. The second-order valence-corrected chi connectivity index (χ2v) is 5.97. The van der Waals surface area contributed by atoms with Gasteiger partial charge in [-0.25, -0.2) is 0 Å². The molecular weight excluding hydrogens is 241 g/mol.